The van der Waals surface area contributed by atoms with Crippen LogP contribution in [0, 0.1) is 0 Å². The first-order valence-electron chi connectivity index (χ1n) is 19.7. The Balaban J connectivity index is 1.01. The van der Waals surface area contributed by atoms with Crippen molar-refractivity contribution in [1.29, 1.82) is 0 Å². The lowest BCUT2D eigenvalue weighted by Gasteiger charge is -2.35. The zero-order valence-corrected chi connectivity index (χ0v) is 31.3. The highest BCUT2D eigenvalue weighted by molar-refractivity contribution is 6.09. The minimum atomic E-state index is -0.470. The topological polar surface area (TPSA) is 8.17 Å². The highest BCUT2D eigenvalue weighted by atomic mass is 15.1. The van der Waals surface area contributed by atoms with Crippen LogP contribution in [-0.4, -0.2) is 4.57 Å². The smallest absolute Gasteiger partial charge is 0.0714 e. The Morgan fingerprint density at radius 3 is 1.40 bits per heavy atom. The van der Waals surface area contributed by atoms with Crippen molar-refractivity contribution in [3.05, 3.63) is 253 Å². The molecule has 1 aromatic heterocycles. The third-order valence-corrected chi connectivity index (χ3v) is 11.9. The molecule has 0 radical (unpaired) electrons. The third-order valence-electron chi connectivity index (χ3n) is 11.9. The van der Waals surface area contributed by atoms with Gasteiger partial charge >= 0.3 is 0 Å². The lowest BCUT2D eigenvalue weighted by atomic mass is 9.67. The summed E-state index contributed by atoms with van der Waals surface area (Å²) in [4.78, 5) is 2.39. The third kappa shape index (κ3) is 5.18. The van der Waals surface area contributed by atoms with Crippen molar-refractivity contribution in [2.45, 2.75) is 5.41 Å². The van der Waals surface area contributed by atoms with E-state index in [-0.39, 0.29) is 0 Å². The Morgan fingerprint density at radius 2 is 0.789 bits per heavy atom. The van der Waals surface area contributed by atoms with E-state index < -0.39 is 5.41 Å². The Kier molecular flexibility index (Phi) is 7.75. The monoisotopic (exact) mass is 726 g/mol. The van der Waals surface area contributed by atoms with Gasteiger partial charge in [-0.25, -0.2) is 0 Å². The summed E-state index contributed by atoms with van der Waals surface area (Å²) in [5.74, 6) is 0. The van der Waals surface area contributed by atoms with Crippen molar-refractivity contribution >= 4 is 38.9 Å². The van der Waals surface area contributed by atoms with E-state index in [2.05, 4.69) is 240 Å². The number of nitrogens with zero attached hydrogens (tertiary/aromatic N) is 2. The predicted octanol–water partition coefficient (Wildman–Crippen LogP) is 14.3. The van der Waals surface area contributed by atoms with Crippen molar-refractivity contribution in [1.82, 2.24) is 4.57 Å². The second-order valence-electron chi connectivity index (χ2n) is 14.9. The SMILES string of the molecule is c1ccc(N(c2ccc(-c3ccc(-n4c5ccccc5c5ccccc54)cc3)cc2)c2ccc3c(c2)C(c2ccccc2)(c2ccccc2)c2ccccc2-3)cc1. The Morgan fingerprint density at radius 1 is 0.333 bits per heavy atom. The summed E-state index contributed by atoms with van der Waals surface area (Å²) >= 11 is 0. The average molecular weight is 727 g/mol. The number of para-hydroxylation sites is 3. The van der Waals surface area contributed by atoms with E-state index in [0.29, 0.717) is 0 Å². The van der Waals surface area contributed by atoms with Crippen LogP contribution in [0.25, 0.3) is 49.7 Å². The molecule has 0 bridgehead atoms. The number of aromatic nitrogens is 1. The van der Waals surface area contributed by atoms with Crippen LogP contribution in [0.15, 0.2) is 231 Å². The molecular formula is C55H38N2. The molecule has 2 nitrogen and oxygen atoms in total. The van der Waals surface area contributed by atoms with Crippen molar-refractivity contribution in [3.63, 3.8) is 0 Å². The zero-order valence-electron chi connectivity index (χ0n) is 31.3. The van der Waals surface area contributed by atoms with E-state index in [1.54, 1.807) is 0 Å². The van der Waals surface area contributed by atoms with Crippen molar-refractivity contribution in [3.8, 4) is 27.9 Å². The normalized spacial score (nSPS) is 12.7. The first-order valence-corrected chi connectivity index (χ1v) is 19.7. The molecule has 0 N–H and O–H groups in total. The van der Waals surface area contributed by atoms with E-state index in [1.807, 2.05) is 0 Å². The van der Waals surface area contributed by atoms with Crippen LogP contribution in [0.5, 0.6) is 0 Å². The molecular weight excluding hydrogens is 689 g/mol. The molecule has 0 atom stereocenters. The molecule has 57 heavy (non-hydrogen) atoms. The minimum absolute atomic E-state index is 0.470. The Hall–Kier alpha value is -7.42. The lowest BCUT2D eigenvalue weighted by molar-refractivity contribution is 0.768. The van der Waals surface area contributed by atoms with Crippen LogP contribution < -0.4 is 4.90 Å². The van der Waals surface area contributed by atoms with Gasteiger partial charge < -0.3 is 9.47 Å². The van der Waals surface area contributed by atoms with Gasteiger partial charge in [0.15, 0.2) is 0 Å². The van der Waals surface area contributed by atoms with Gasteiger partial charge in [0, 0.05) is 33.5 Å². The molecule has 0 amide bonds. The van der Waals surface area contributed by atoms with E-state index in [4.69, 9.17) is 0 Å². The number of anilines is 3. The fourth-order valence-electron chi connectivity index (χ4n) is 9.40. The van der Waals surface area contributed by atoms with Gasteiger partial charge in [-0.2, -0.15) is 0 Å². The molecule has 9 aromatic carbocycles. The van der Waals surface area contributed by atoms with E-state index in [9.17, 15) is 0 Å². The molecule has 1 heterocycles. The second kappa shape index (κ2) is 13.4. The molecule has 0 saturated heterocycles. The number of hydrogen-bond acceptors (Lipinski definition) is 1. The minimum Gasteiger partial charge on any atom is -0.310 e. The quantitative estimate of drug-likeness (QED) is 0.159. The zero-order chi connectivity index (χ0) is 37.8. The van der Waals surface area contributed by atoms with Gasteiger partial charge in [-0.1, -0.05) is 170 Å². The maximum absolute atomic E-state index is 2.43. The Labute approximate surface area is 333 Å². The fraction of sp³-hybridized carbons (Fsp3) is 0.0182. The standard InChI is InChI=1S/C55H38N2/c1-4-16-41(17-5-1)55(42-18-6-2-7-19-42)51-25-13-10-22-47(51)48-37-36-46(38-52(48)55)56(43-20-8-3-9-21-43)44-32-28-39(29-33-44)40-30-34-45(35-31-40)57-53-26-14-11-23-49(53)50-24-12-15-27-54(50)57/h1-38H. The molecule has 2 heteroatoms. The fourth-order valence-corrected chi connectivity index (χ4v) is 9.40. The van der Waals surface area contributed by atoms with Crippen molar-refractivity contribution in [2.75, 3.05) is 4.90 Å². The summed E-state index contributed by atoms with van der Waals surface area (Å²) in [6.45, 7) is 0. The van der Waals surface area contributed by atoms with Gasteiger partial charge in [0.2, 0.25) is 0 Å². The lowest BCUT2D eigenvalue weighted by Crippen LogP contribution is -2.28. The highest BCUT2D eigenvalue weighted by Crippen LogP contribution is 2.57. The van der Waals surface area contributed by atoms with Crippen LogP contribution in [0.3, 0.4) is 0 Å². The largest absolute Gasteiger partial charge is 0.310 e. The molecule has 1 aliphatic carbocycles. The first-order chi connectivity index (χ1) is 28.3. The van der Waals surface area contributed by atoms with E-state index in [1.165, 1.54) is 66.3 Å². The van der Waals surface area contributed by atoms with Gasteiger partial charge in [-0.15, -0.1) is 0 Å². The van der Waals surface area contributed by atoms with Gasteiger partial charge in [-0.3, -0.25) is 0 Å². The van der Waals surface area contributed by atoms with Crippen LogP contribution in [0.2, 0.25) is 0 Å². The second-order valence-corrected chi connectivity index (χ2v) is 14.9. The van der Waals surface area contributed by atoms with E-state index in [0.717, 1.165) is 22.7 Å². The van der Waals surface area contributed by atoms with E-state index >= 15 is 0 Å². The Bertz CT molecular complexity index is 2940. The maximum Gasteiger partial charge on any atom is 0.0714 e. The van der Waals surface area contributed by atoms with Gasteiger partial charge in [-0.05, 0) is 105 Å². The summed E-state index contributed by atoms with van der Waals surface area (Å²) in [6.07, 6.45) is 0. The van der Waals surface area contributed by atoms with Crippen LogP contribution in [-0.2, 0) is 5.41 Å². The molecule has 1 aliphatic rings. The number of rotatable bonds is 7. The maximum atomic E-state index is 2.43. The summed E-state index contributed by atoms with van der Waals surface area (Å²) in [5, 5.41) is 2.55. The molecule has 10 aromatic rings. The van der Waals surface area contributed by atoms with Crippen LogP contribution >= 0.6 is 0 Å². The highest BCUT2D eigenvalue weighted by Gasteiger charge is 2.46. The number of fused-ring (bicyclic) bond motifs is 6. The van der Waals surface area contributed by atoms with Gasteiger partial charge in [0.1, 0.15) is 0 Å². The molecule has 0 spiro atoms. The van der Waals surface area contributed by atoms with Gasteiger partial charge in [0.25, 0.3) is 0 Å². The molecule has 0 fully saturated rings. The average Bonchev–Trinajstić information content (AvgIpc) is 3.78. The number of hydrogen-bond donors (Lipinski definition) is 0. The van der Waals surface area contributed by atoms with Crippen molar-refractivity contribution in [2.24, 2.45) is 0 Å². The molecule has 11 rings (SSSR count). The van der Waals surface area contributed by atoms with Crippen LogP contribution in [0.1, 0.15) is 22.3 Å². The summed E-state index contributed by atoms with van der Waals surface area (Å²) in [6, 6.07) is 84.1. The molecule has 0 aliphatic heterocycles. The molecule has 268 valence electrons. The van der Waals surface area contributed by atoms with Gasteiger partial charge in [0.05, 0.1) is 16.4 Å². The first kappa shape index (κ1) is 33.0. The summed E-state index contributed by atoms with van der Waals surface area (Å²) < 4.78 is 2.37. The number of benzene rings is 9. The van der Waals surface area contributed by atoms with Crippen molar-refractivity contribution < 1.29 is 0 Å². The predicted molar refractivity (Wildman–Crippen MR) is 238 cm³/mol. The summed E-state index contributed by atoms with van der Waals surface area (Å²) in [7, 11) is 0. The summed E-state index contributed by atoms with van der Waals surface area (Å²) in [5.41, 5.74) is 16.5. The van der Waals surface area contributed by atoms with Crippen LogP contribution in [0.4, 0.5) is 17.1 Å². The molecule has 0 saturated carbocycles. The molecule has 0 unspecified atom stereocenters.